The van der Waals surface area contributed by atoms with Gasteiger partial charge in [0.2, 0.25) is 0 Å². The Kier molecular flexibility index (Phi) is 4.49. The molecular weight excluding hydrogens is 244 g/mol. The van der Waals surface area contributed by atoms with Crippen LogP contribution in [0.5, 0.6) is 0 Å². The van der Waals surface area contributed by atoms with Gasteiger partial charge in [-0.3, -0.25) is 4.68 Å². The summed E-state index contributed by atoms with van der Waals surface area (Å²) >= 11 is 1.89. The van der Waals surface area contributed by atoms with Crippen molar-refractivity contribution in [3.8, 4) is 0 Å². The molecule has 0 radical (unpaired) electrons. The summed E-state index contributed by atoms with van der Waals surface area (Å²) in [5.74, 6) is 0. The van der Waals surface area contributed by atoms with Crippen LogP contribution in [0.3, 0.4) is 0 Å². The quantitative estimate of drug-likeness (QED) is 0.871. The van der Waals surface area contributed by atoms with E-state index < -0.39 is 0 Å². The molecule has 18 heavy (non-hydrogen) atoms. The van der Waals surface area contributed by atoms with E-state index >= 15 is 0 Å². The Labute approximate surface area is 112 Å². The maximum absolute atomic E-state index is 4.17. The lowest BCUT2D eigenvalue weighted by Crippen LogP contribution is -2.22. The van der Waals surface area contributed by atoms with Crippen molar-refractivity contribution in [2.24, 2.45) is 7.05 Å². The fraction of sp³-hybridized carbons (Fsp3) is 0.538. The molecule has 0 aliphatic rings. The zero-order chi connectivity index (χ0) is 13.0. The molecule has 0 aliphatic heterocycles. The number of hydrogen-bond acceptors (Lipinski definition) is 4. The SMILES string of the molecule is CCNC(Cc1cn(C)nn1)c1ccc(CC)s1. The number of aromatic nitrogens is 3. The average Bonchev–Trinajstić information content (AvgIpc) is 2.97. The van der Waals surface area contributed by atoms with E-state index in [0.29, 0.717) is 6.04 Å². The monoisotopic (exact) mass is 264 g/mol. The van der Waals surface area contributed by atoms with Crippen LogP contribution in [0.1, 0.15) is 35.3 Å². The highest BCUT2D eigenvalue weighted by atomic mass is 32.1. The first-order valence-electron chi connectivity index (χ1n) is 6.40. The molecule has 0 saturated carbocycles. The largest absolute Gasteiger partial charge is 0.309 e. The van der Waals surface area contributed by atoms with E-state index in [9.17, 15) is 0 Å². The van der Waals surface area contributed by atoms with Crippen LogP contribution in [-0.4, -0.2) is 21.5 Å². The first-order chi connectivity index (χ1) is 8.72. The van der Waals surface area contributed by atoms with Gasteiger partial charge in [0, 0.05) is 35.5 Å². The number of likely N-dealkylation sites (N-methyl/N-ethyl adjacent to an activating group) is 1. The van der Waals surface area contributed by atoms with Gasteiger partial charge >= 0.3 is 0 Å². The molecule has 5 heteroatoms. The molecule has 98 valence electrons. The van der Waals surface area contributed by atoms with E-state index in [2.05, 4.69) is 41.6 Å². The van der Waals surface area contributed by atoms with Gasteiger partial charge in [0.25, 0.3) is 0 Å². The maximum atomic E-state index is 4.17. The molecule has 0 spiro atoms. The molecule has 0 aliphatic carbocycles. The van der Waals surface area contributed by atoms with E-state index in [4.69, 9.17) is 0 Å². The standard InChI is InChI=1S/C13H20N4S/c1-4-11-6-7-13(18-11)12(14-5-2)8-10-9-17(3)16-15-10/h6-7,9,12,14H,4-5,8H2,1-3H3. The number of rotatable bonds is 6. The van der Waals surface area contributed by atoms with E-state index in [0.717, 1.165) is 25.1 Å². The molecule has 1 atom stereocenters. The Morgan fingerprint density at radius 3 is 2.78 bits per heavy atom. The van der Waals surface area contributed by atoms with E-state index in [-0.39, 0.29) is 0 Å². The van der Waals surface area contributed by atoms with Crippen LogP contribution in [0, 0.1) is 0 Å². The number of nitrogens with one attached hydrogen (secondary N) is 1. The molecule has 4 nitrogen and oxygen atoms in total. The van der Waals surface area contributed by atoms with Crippen LogP contribution in [0.15, 0.2) is 18.3 Å². The van der Waals surface area contributed by atoms with Crippen molar-refractivity contribution < 1.29 is 0 Å². The highest BCUT2D eigenvalue weighted by Crippen LogP contribution is 2.26. The molecule has 1 unspecified atom stereocenters. The van der Waals surface area contributed by atoms with Gasteiger partial charge in [-0.05, 0) is 25.1 Å². The number of thiophene rings is 1. The minimum absolute atomic E-state index is 0.344. The summed E-state index contributed by atoms with van der Waals surface area (Å²) in [6.45, 7) is 5.29. The van der Waals surface area contributed by atoms with Gasteiger partial charge in [-0.2, -0.15) is 0 Å². The van der Waals surface area contributed by atoms with E-state index in [1.807, 2.05) is 24.6 Å². The Bertz CT molecular complexity index is 489. The van der Waals surface area contributed by atoms with Crippen LogP contribution < -0.4 is 5.32 Å². The van der Waals surface area contributed by atoms with Crippen molar-refractivity contribution in [2.75, 3.05) is 6.54 Å². The zero-order valence-electron chi connectivity index (χ0n) is 11.2. The minimum Gasteiger partial charge on any atom is -0.309 e. The second kappa shape index (κ2) is 6.11. The van der Waals surface area contributed by atoms with Gasteiger partial charge in [-0.25, -0.2) is 0 Å². The first-order valence-corrected chi connectivity index (χ1v) is 7.21. The van der Waals surface area contributed by atoms with Crippen molar-refractivity contribution in [1.82, 2.24) is 20.3 Å². The Morgan fingerprint density at radius 2 is 2.22 bits per heavy atom. The van der Waals surface area contributed by atoms with Gasteiger partial charge in [-0.15, -0.1) is 16.4 Å². The normalized spacial score (nSPS) is 12.8. The van der Waals surface area contributed by atoms with Gasteiger partial charge < -0.3 is 5.32 Å². The molecule has 0 bridgehead atoms. The Morgan fingerprint density at radius 1 is 1.39 bits per heavy atom. The third-order valence-electron chi connectivity index (χ3n) is 2.89. The van der Waals surface area contributed by atoms with Crippen molar-refractivity contribution in [3.63, 3.8) is 0 Å². The fourth-order valence-corrected chi connectivity index (χ4v) is 3.02. The summed E-state index contributed by atoms with van der Waals surface area (Å²) < 4.78 is 1.75. The van der Waals surface area contributed by atoms with Gasteiger partial charge in [0.1, 0.15) is 0 Å². The zero-order valence-corrected chi connectivity index (χ0v) is 12.0. The number of nitrogens with zero attached hydrogens (tertiary/aromatic N) is 3. The lowest BCUT2D eigenvalue weighted by atomic mass is 10.1. The molecule has 0 amide bonds. The molecule has 2 heterocycles. The molecule has 2 rings (SSSR count). The van der Waals surface area contributed by atoms with Crippen LogP contribution in [0.4, 0.5) is 0 Å². The molecule has 0 aromatic carbocycles. The molecule has 2 aromatic heterocycles. The summed E-state index contributed by atoms with van der Waals surface area (Å²) in [7, 11) is 1.90. The van der Waals surface area contributed by atoms with Crippen molar-refractivity contribution in [2.45, 2.75) is 32.7 Å². The molecule has 2 aromatic rings. The Balaban J connectivity index is 2.12. The summed E-state index contributed by atoms with van der Waals surface area (Å²) in [6, 6.07) is 4.80. The lowest BCUT2D eigenvalue weighted by Gasteiger charge is -2.14. The van der Waals surface area contributed by atoms with Crippen molar-refractivity contribution in [3.05, 3.63) is 33.8 Å². The first kappa shape index (κ1) is 13.2. The van der Waals surface area contributed by atoms with E-state index in [1.54, 1.807) is 4.68 Å². The predicted octanol–water partition coefficient (Wildman–Crippen LogP) is 2.33. The average molecular weight is 264 g/mol. The highest BCUT2D eigenvalue weighted by molar-refractivity contribution is 7.12. The van der Waals surface area contributed by atoms with Crippen molar-refractivity contribution in [1.29, 1.82) is 0 Å². The third-order valence-corrected chi connectivity index (χ3v) is 4.23. The highest BCUT2D eigenvalue weighted by Gasteiger charge is 2.15. The number of hydrogen-bond donors (Lipinski definition) is 1. The molecule has 0 fully saturated rings. The lowest BCUT2D eigenvalue weighted by molar-refractivity contribution is 0.551. The van der Waals surface area contributed by atoms with Crippen LogP contribution >= 0.6 is 11.3 Å². The molecule has 1 N–H and O–H groups in total. The molecule has 0 saturated heterocycles. The summed E-state index contributed by atoms with van der Waals surface area (Å²) in [5.41, 5.74) is 1.04. The van der Waals surface area contributed by atoms with Gasteiger partial charge in [0.05, 0.1) is 5.69 Å². The third kappa shape index (κ3) is 3.17. The van der Waals surface area contributed by atoms with Crippen LogP contribution in [0.25, 0.3) is 0 Å². The second-order valence-electron chi connectivity index (χ2n) is 4.36. The van der Waals surface area contributed by atoms with Gasteiger partial charge in [-0.1, -0.05) is 19.1 Å². The minimum atomic E-state index is 0.344. The summed E-state index contributed by atoms with van der Waals surface area (Å²) in [4.78, 5) is 2.83. The van der Waals surface area contributed by atoms with Crippen LogP contribution in [0.2, 0.25) is 0 Å². The summed E-state index contributed by atoms with van der Waals surface area (Å²) in [6.07, 6.45) is 3.98. The smallest absolute Gasteiger partial charge is 0.0846 e. The maximum Gasteiger partial charge on any atom is 0.0846 e. The van der Waals surface area contributed by atoms with Gasteiger partial charge in [0.15, 0.2) is 0 Å². The second-order valence-corrected chi connectivity index (χ2v) is 5.56. The van der Waals surface area contributed by atoms with Crippen molar-refractivity contribution >= 4 is 11.3 Å². The number of aryl methyl sites for hydroxylation is 2. The molecular formula is C13H20N4S. The van der Waals surface area contributed by atoms with E-state index in [1.165, 1.54) is 9.75 Å². The Hall–Kier alpha value is -1.20. The predicted molar refractivity (Wildman–Crippen MR) is 74.8 cm³/mol. The topological polar surface area (TPSA) is 42.7 Å². The fourth-order valence-electron chi connectivity index (χ4n) is 1.99. The van der Waals surface area contributed by atoms with Crippen LogP contribution in [-0.2, 0) is 19.9 Å². The summed E-state index contributed by atoms with van der Waals surface area (Å²) in [5, 5.41) is 11.7.